The molecule has 1 aliphatic rings. The summed E-state index contributed by atoms with van der Waals surface area (Å²) < 4.78 is 19.3. The van der Waals surface area contributed by atoms with E-state index in [1.165, 1.54) is 6.07 Å². The second-order valence-corrected chi connectivity index (χ2v) is 5.59. The van der Waals surface area contributed by atoms with Crippen LogP contribution in [0.25, 0.3) is 10.8 Å². The summed E-state index contributed by atoms with van der Waals surface area (Å²) in [5.74, 6) is -0.189. The standard InChI is InChI=1S/C18H19FO2/c19-17-11-10-16(14-7-1-2-8-15(14)17)18(20)9-3-5-13-6-4-12-21-13/h1-2,7-8,10-11,13H,3-6,9,12H2. The fraction of sp³-hybridized carbons (Fsp3) is 0.389. The van der Waals surface area contributed by atoms with E-state index in [-0.39, 0.29) is 11.6 Å². The Morgan fingerprint density at radius 1 is 1.19 bits per heavy atom. The van der Waals surface area contributed by atoms with E-state index in [2.05, 4.69) is 0 Å². The molecule has 0 spiro atoms. The minimum atomic E-state index is -0.276. The van der Waals surface area contributed by atoms with E-state index in [0.29, 0.717) is 28.9 Å². The van der Waals surface area contributed by atoms with Crippen molar-refractivity contribution in [3.8, 4) is 0 Å². The van der Waals surface area contributed by atoms with E-state index in [4.69, 9.17) is 4.74 Å². The third kappa shape index (κ3) is 3.13. The van der Waals surface area contributed by atoms with Crippen LogP contribution in [0, 0.1) is 5.82 Å². The number of halogens is 1. The van der Waals surface area contributed by atoms with Crippen molar-refractivity contribution in [2.45, 2.75) is 38.2 Å². The van der Waals surface area contributed by atoms with E-state index in [0.717, 1.165) is 32.3 Å². The number of rotatable bonds is 5. The van der Waals surface area contributed by atoms with Crippen LogP contribution in [-0.2, 0) is 4.74 Å². The number of fused-ring (bicyclic) bond motifs is 1. The van der Waals surface area contributed by atoms with Gasteiger partial charge in [-0.3, -0.25) is 4.79 Å². The maximum atomic E-state index is 13.8. The van der Waals surface area contributed by atoms with Crippen molar-refractivity contribution in [2.24, 2.45) is 0 Å². The molecular weight excluding hydrogens is 267 g/mol. The quantitative estimate of drug-likeness (QED) is 0.756. The zero-order valence-corrected chi connectivity index (χ0v) is 12.0. The first-order valence-corrected chi connectivity index (χ1v) is 7.58. The molecular formula is C18H19FO2. The molecule has 0 aliphatic carbocycles. The van der Waals surface area contributed by atoms with Gasteiger partial charge >= 0.3 is 0 Å². The topological polar surface area (TPSA) is 26.3 Å². The molecule has 2 nitrogen and oxygen atoms in total. The number of carbonyl (C=O) groups is 1. The predicted octanol–water partition coefficient (Wildman–Crippen LogP) is 4.51. The van der Waals surface area contributed by atoms with Gasteiger partial charge in [0.15, 0.2) is 5.78 Å². The van der Waals surface area contributed by atoms with Crippen LogP contribution in [0.15, 0.2) is 36.4 Å². The summed E-state index contributed by atoms with van der Waals surface area (Å²) in [5, 5.41) is 1.22. The van der Waals surface area contributed by atoms with Crippen molar-refractivity contribution in [2.75, 3.05) is 6.61 Å². The van der Waals surface area contributed by atoms with Crippen molar-refractivity contribution in [1.29, 1.82) is 0 Å². The summed E-state index contributed by atoms with van der Waals surface area (Å²) in [6.07, 6.45) is 4.81. The molecule has 0 aromatic heterocycles. The molecule has 1 aliphatic heterocycles. The van der Waals surface area contributed by atoms with Gasteiger partial charge in [-0.15, -0.1) is 0 Å². The van der Waals surface area contributed by atoms with Crippen LogP contribution in [0.2, 0.25) is 0 Å². The maximum absolute atomic E-state index is 13.8. The Labute approximate surface area is 123 Å². The highest BCUT2D eigenvalue weighted by Gasteiger charge is 2.17. The van der Waals surface area contributed by atoms with Crippen LogP contribution in [0.3, 0.4) is 0 Å². The largest absolute Gasteiger partial charge is 0.378 e. The van der Waals surface area contributed by atoms with Crippen molar-refractivity contribution in [3.63, 3.8) is 0 Å². The number of hydrogen-bond donors (Lipinski definition) is 0. The Balaban J connectivity index is 1.71. The number of hydrogen-bond acceptors (Lipinski definition) is 2. The van der Waals surface area contributed by atoms with E-state index in [9.17, 15) is 9.18 Å². The van der Waals surface area contributed by atoms with Crippen LogP contribution in [0.4, 0.5) is 4.39 Å². The molecule has 1 atom stereocenters. The van der Waals surface area contributed by atoms with Crippen LogP contribution < -0.4 is 0 Å². The molecule has 1 saturated heterocycles. The second-order valence-electron chi connectivity index (χ2n) is 5.59. The molecule has 0 saturated carbocycles. The molecule has 1 unspecified atom stereocenters. The summed E-state index contributed by atoms with van der Waals surface area (Å²) in [6.45, 7) is 0.848. The van der Waals surface area contributed by atoms with Gasteiger partial charge in [0.2, 0.25) is 0 Å². The van der Waals surface area contributed by atoms with Crippen molar-refractivity contribution in [1.82, 2.24) is 0 Å². The number of Topliss-reactive ketones (excluding diaryl/α,β-unsaturated/α-hetero) is 1. The summed E-state index contributed by atoms with van der Waals surface area (Å²) in [4.78, 5) is 12.4. The molecule has 0 bridgehead atoms. The molecule has 0 radical (unpaired) electrons. The van der Waals surface area contributed by atoms with Gasteiger partial charge in [0.05, 0.1) is 6.10 Å². The third-order valence-corrected chi connectivity index (χ3v) is 4.13. The molecule has 21 heavy (non-hydrogen) atoms. The molecule has 0 N–H and O–H groups in total. The normalized spacial score (nSPS) is 18.2. The van der Waals surface area contributed by atoms with Crippen LogP contribution in [-0.4, -0.2) is 18.5 Å². The number of carbonyl (C=O) groups excluding carboxylic acids is 1. The number of ether oxygens (including phenoxy) is 1. The fourth-order valence-corrected chi connectivity index (χ4v) is 3.00. The summed E-state index contributed by atoms with van der Waals surface area (Å²) >= 11 is 0. The van der Waals surface area contributed by atoms with Gasteiger partial charge in [0.25, 0.3) is 0 Å². The smallest absolute Gasteiger partial charge is 0.163 e. The molecule has 110 valence electrons. The Hall–Kier alpha value is -1.74. The van der Waals surface area contributed by atoms with Crippen LogP contribution in [0.5, 0.6) is 0 Å². The molecule has 3 rings (SSSR count). The van der Waals surface area contributed by atoms with Gasteiger partial charge in [-0.1, -0.05) is 24.3 Å². The Morgan fingerprint density at radius 3 is 2.76 bits per heavy atom. The second kappa shape index (κ2) is 6.35. The van der Waals surface area contributed by atoms with Crippen molar-refractivity contribution in [3.05, 3.63) is 47.8 Å². The van der Waals surface area contributed by atoms with Gasteiger partial charge in [-0.25, -0.2) is 4.39 Å². The average Bonchev–Trinajstić information content (AvgIpc) is 3.01. The van der Waals surface area contributed by atoms with Gasteiger partial charge in [0, 0.05) is 24.0 Å². The molecule has 2 aromatic rings. The lowest BCUT2D eigenvalue weighted by Gasteiger charge is -2.09. The lowest BCUT2D eigenvalue weighted by molar-refractivity contribution is 0.0924. The minimum absolute atomic E-state index is 0.0872. The lowest BCUT2D eigenvalue weighted by atomic mass is 9.97. The predicted molar refractivity (Wildman–Crippen MR) is 81.1 cm³/mol. The molecule has 1 heterocycles. The van der Waals surface area contributed by atoms with E-state index >= 15 is 0 Å². The third-order valence-electron chi connectivity index (χ3n) is 4.13. The van der Waals surface area contributed by atoms with Gasteiger partial charge in [-0.05, 0) is 43.2 Å². The number of ketones is 1. The Morgan fingerprint density at radius 2 is 2.00 bits per heavy atom. The summed E-state index contributed by atoms with van der Waals surface area (Å²) in [5.41, 5.74) is 0.624. The number of benzene rings is 2. The maximum Gasteiger partial charge on any atom is 0.163 e. The highest BCUT2D eigenvalue weighted by atomic mass is 19.1. The minimum Gasteiger partial charge on any atom is -0.378 e. The van der Waals surface area contributed by atoms with Crippen molar-refractivity contribution < 1.29 is 13.9 Å². The molecule has 3 heteroatoms. The van der Waals surface area contributed by atoms with Crippen LogP contribution >= 0.6 is 0 Å². The first-order valence-electron chi connectivity index (χ1n) is 7.58. The fourth-order valence-electron chi connectivity index (χ4n) is 3.00. The van der Waals surface area contributed by atoms with E-state index < -0.39 is 0 Å². The summed E-state index contributed by atoms with van der Waals surface area (Å²) in [6, 6.07) is 10.1. The van der Waals surface area contributed by atoms with Crippen LogP contribution in [0.1, 0.15) is 42.5 Å². The highest BCUT2D eigenvalue weighted by Crippen LogP contribution is 2.24. The van der Waals surface area contributed by atoms with E-state index in [1.54, 1.807) is 18.2 Å². The van der Waals surface area contributed by atoms with Gasteiger partial charge in [-0.2, -0.15) is 0 Å². The van der Waals surface area contributed by atoms with E-state index in [1.807, 2.05) is 12.1 Å². The van der Waals surface area contributed by atoms with Gasteiger partial charge < -0.3 is 4.74 Å². The average molecular weight is 286 g/mol. The Bertz CT molecular complexity index is 645. The SMILES string of the molecule is O=C(CCCC1CCCO1)c1ccc(F)c2ccccc12. The summed E-state index contributed by atoms with van der Waals surface area (Å²) in [7, 11) is 0. The first kappa shape index (κ1) is 14.2. The molecule has 2 aromatic carbocycles. The van der Waals surface area contributed by atoms with Crippen molar-refractivity contribution >= 4 is 16.6 Å². The first-order chi connectivity index (χ1) is 10.3. The lowest BCUT2D eigenvalue weighted by Crippen LogP contribution is -2.07. The molecule has 0 amide bonds. The monoisotopic (exact) mass is 286 g/mol. The Kier molecular flexibility index (Phi) is 4.30. The van der Waals surface area contributed by atoms with Gasteiger partial charge in [0.1, 0.15) is 5.82 Å². The zero-order chi connectivity index (χ0) is 14.7. The molecule has 1 fully saturated rings. The highest BCUT2D eigenvalue weighted by molar-refractivity contribution is 6.08. The zero-order valence-electron chi connectivity index (χ0n) is 12.0.